The van der Waals surface area contributed by atoms with Crippen LogP contribution in [0.5, 0.6) is 0 Å². The summed E-state index contributed by atoms with van der Waals surface area (Å²) in [5, 5.41) is 2.52. The Hall–Kier alpha value is -4.07. The monoisotopic (exact) mass is 492 g/mol. The number of nitrogens with one attached hydrogen (secondary N) is 1. The average molecular weight is 493 g/mol. The molecule has 1 unspecified atom stereocenters. The van der Waals surface area contributed by atoms with Crippen LogP contribution in [0, 0.1) is 24.5 Å². The lowest BCUT2D eigenvalue weighted by Crippen LogP contribution is -2.45. The molecule has 3 aromatic carbocycles. The summed E-state index contributed by atoms with van der Waals surface area (Å²) in [4.78, 5) is 39.4. The predicted molar refractivity (Wildman–Crippen MR) is 131 cm³/mol. The number of methoxy groups -OCH3 is 1. The third kappa shape index (κ3) is 4.58. The molecule has 36 heavy (non-hydrogen) atoms. The molecule has 0 bridgehead atoms. The molecule has 0 aromatic heterocycles. The van der Waals surface area contributed by atoms with Crippen LogP contribution >= 0.6 is 0 Å². The second kappa shape index (κ2) is 9.89. The number of rotatable bonds is 6. The van der Waals surface area contributed by atoms with Gasteiger partial charge in [-0.15, -0.1) is 0 Å². The molecule has 0 fully saturated rings. The summed E-state index contributed by atoms with van der Waals surface area (Å²) in [6.45, 7) is 5.51. The van der Waals surface area contributed by atoms with Crippen molar-refractivity contribution in [1.29, 1.82) is 0 Å². The van der Waals surface area contributed by atoms with Gasteiger partial charge < -0.3 is 15.0 Å². The molecule has 1 atom stereocenters. The number of fused-ring (bicyclic) bond motifs is 1. The van der Waals surface area contributed by atoms with Crippen LogP contribution in [0.1, 0.15) is 45.7 Å². The highest BCUT2D eigenvalue weighted by molar-refractivity contribution is 6.05. The van der Waals surface area contributed by atoms with E-state index in [-0.39, 0.29) is 17.4 Å². The van der Waals surface area contributed by atoms with Gasteiger partial charge in [0.1, 0.15) is 23.2 Å². The number of hydrogen-bond donors (Lipinski definition) is 1. The summed E-state index contributed by atoms with van der Waals surface area (Å²) < 4.78 is 33.2. The van der Waals surface area contributed by atoms with Gasteiger partial charge in [-0.2, -0.15) is 0 Å². The molecule has 1 heterocycles. The van der Waals surface area contributed by atoms with E-state index in [0.29, 0.717) is 17.8 Å². The Kier molecular flexibility index (Phi) is 6.88. The third-order valence-electron chi connectivity index (χ3n) is 6.34. The zero-order chi connectivity index (χ0) is 26.1. The van der Waals surface area contributed by atoms with Crippen LogP contribution in [0.4, 0.5) is 14.5 Å². The van der Waals surface area contributed by atoms with Gasteiger partial charge in [0.05, 0.1) is 7.11 Å². The number of carbonyl (C=O) groups is 3. The highest BCUT2D eigenvalue weighted by Crippen LogP contribution is 2.32. The minimum absolute atomic E-state index is 0.111. The molecule has 4 rings (SSSR count). The Morgan fingerprint density at radius 2 is 1.67 bits per heavy atom. The second-order valence-electron chi connectivity index (χ2n) is 9.10. The number of amides is 2. The van der Waals surface area contributed by atoms with Crippen molar-refractivity contribution < 1.29 is 27.9 Å². The summed E-state index contributed by atoms with van der Waals surface area (Å²) in [5.41, 5.74) is 2.81. The molecule has 186 valence electrons. The molecular weight excluding hydrogens is 466 g/mol. The normalized spacial score (nSPS) is 13.5. The van der Waals surface area contributed by atoms with Gasteiger partial charge in [-0.1, -0.05) is 44.2 Å². The first-order valence-corrected chi connectivity index (χ1v) is 11.5. The van der Waals surface area contributed by atoms with Gasteiger partial charge in [0.15, 0.2) is 0 Å². The Labute approximate surface area is 207 Å². The minimum atomic E-state index is -0.934. The lowest BCUT2D eigenvalue weighted by atomic mass is 10.00. The summed E-state index contributed by atoms with van der Waals surface area (Å²) >= 11 is 0. The number of benzene rings is 3. The predicted octanol–water partition coefficient (Wildman–Crippen LogP) is 5.35. The van der Waals surface area contributed by atoms with E-state index in [2.05, 4.69) is 5.32 Å². The Balaban J connectivity index is 1.54. The maximum absolute atomic E-state index is 14.3. The van der Waals surface area contributed by atoms with Gasteiger partial charge in [0.25, 0.3) is 11.8 Å². The third-order valence-corrected chi connectivity index (χ3v) is 6.34. The van der Waals surface area contributed by atoms with Crippen molar-refractivity contribution in [3.05, 3.63) is 88.5 Å². The highest BCUT2D eigenvalue weighted by atomic mass is 19.1. The Bertz CT molecular complexity index is 1350. The van der Waals surface area contributed by atoms with Crippen molar-refractivity contribution in [2.45, 2.75) is 33.4 Å². The van der Waals surface area contributed by atoms with Crippen LogP contribution in [0.2, 0.25) is 0 Å². The van der Waals surface area contributed by atoms with E-state index in [4.69, 9.17) is 4.74 Å². The van der Waals surface area contributed by atoms with Crippen molar-refractivity contribution in [2.75, 3.05) is 12.4 Å². The summed E-state index contributed by atoms with van der Waals surface area (Å²) in [6.07, 6.45) is 0. The van der Waals surface area contributed by atoms with Crippen molar-refractivity contribution in [3.8, 4) is 11.1 Å². The zero-order valence-corrected chi connectivity index (χ0v) is 20.4. The fourth-order valence-corrected chi connectivity index (χ4v) is 4.41. The molecular formula is C28H26F2N2O4. The quantitative estimate of drug-likeness (QED) is 0.471. The molecule has 2 amide bonds. The van der Waals surface area contributed by atoms with Crippen molar-refractivity contribution in [1.82, 2.24) is 4.90 Å². The van der Waals surface area contributed by atoms with Gasteiger partial charge in [-0.05, 0) is 59.4 Å². The molecule has 1 N–H and O–H groups in total. The maximum Gasteiger partial charge on any atom is 0.328 e. The largest absolute Gasteiger partial charge is 0.467 e. The van der Waals surface area contributed by atoms with Crippen LogP contribution in [0.15, 0.2) is 54.6 Å². The number of aryl methyl sites for hydroxylation is 1. The van der Waals surface area contributed by atoms with E-state index in [1.807, 2.05) is 26.0 Å². The molecule has 1 aliphatic heterocycles. The average Bonchev–Trinajstić information content (AvgIpc) is 3.17. The smallest absolute Gasteiger partial charge is 0.328 e. The number of ether oxygens (including phenoxy) is 1. The molecule has 8 heteroatoms. The van der Waals surface area contributed by atoms with Crippen LogP contribution in [-0.4, -0.2) is 35.8 Å². The highest BCUT2D eigenvalue weighted by Gasteiger charge is 2.38. The Morgan fingerprint density at radius 3 is 2.31 bits per heavy atom. The van der Waals surface area contributed by atoms with E-state index in [1.165, 1.54) is 25.0 Å². The van der Waals surface area contributed by atoms with E-state index < -0.39 is 35.1 Å². The van der Waals surface area contributed by atoms with Crippen LogP contribution in [0.3, 0.4) is 0 Å². The number of esters is 1. The first-order chi connectivity index (χ1) is 17.1. The summed E-state index contributed by atoms with van der Waals surface area (Å²) in [7, 11) is 1.31. The fraction of sp³-hybridized carbons (Fsp3) is 0.250. The van der Waals surface area contributed by atoms with Gasteiger partial charge in [-0.3, -0.25) is 9.59 Å². The molecule has 0 spiro atoms. The molecule has 3 aromatic rings. The number of nitrogens with zero attached hydrogens (tertiary/aromatic N) is 1. The zero-order valence-electron chi connectivity index (χ0n) is 20.4. The molecule has 0 saturated heterocycles. The molecule has 6 nitrogen and oxygen atoms in total. The van der Waals surface area contributed by atoms with Gasteiger partial charge >= 0.3 is 5.97 Å². The second-order valence-corrected chi connectivity index (χ2v) is 9.10. The van der Waals surface area contributed by atoms with Crippen LogP contribution in [0.25, 0.3) is 11.1 Å². The number of hydrogen-bond acceptors (Lipinski definition) is 4. The van der Waals surface area contributed by atoms with Crippen molar-refractivity contribution in [3.63, 3.8) is 0 Å². The van der Waals surface area contributed by atoms with E-state index in [1.54, 1.807) is 30.3 Å². The first-order valence-electron chi connectivity index (χ1n) is 11.5. The van der Waals surface area contributed by atoms with Crippen LogP contribution in [-0.2, 0) is 16.1 Å². The molecule has 0 saturated carbocycles. The van der Waals surface area contributed by atoms with E-state index in [0.717, 1.165) is 22.8 Å². The van der Waals surface area contributed by atoms with Gasteiger partial charge in [0.2, 0.25) is 0 Å². The Morgan fingerprint density at radius 1 is 1.00 bits per heavy atom. The van der Waals surface area contributed by atoms with Crippen LogP contribution < -0.4 is 5.32 Å². The van der Waals surface area contributed by atoms with E-state index >= 15 is 0 Å². The summed E-state index contributed by atoms with van der Waals surface area (Å²) in [5.74, 6) is -3.50. The lowest BCUT2D eigenvalue weighted by Gasteiger charge is -2.28. The van der Waals surface area contributed by atoms with E-state index in [9.17, 15) is 23.2 Å². The lowest BCUT2D eigenvalue weighted by molar-refractivity contribution is -0.147. The standard InChI is InChI=1S/C28H26F2N2O4/c1-15(2)25(28(35)36-4)32-14-19-7-6-18(13-21(19)27(32)34)17-8-10-20(11-9-17)31-26(33)23-22(29)12-5-16(3)24(23)30/h5-13,15,25H,14H2,1-4H3,(H,31,33). The number of anilines is 1. The SMILES string of the molecule is COC(=O)C(C(C)C)N1Cc2ccc(-c3ccc(NC(=O)c4c(F)ccc(C)c4F)cc3)cc2C1=O. The topological polar surface area (TPSA) is 75.7 Å². The maximum atomic E-state index is 14.3. The minimum Gasteiger partial charge on any atom is -0.467 e. The van der Waals surface area contributed by atoms with Crippen molar-refractivity contribution in [2.24, 2.45) is 5.92 Å². The van der Waals surface area contributed by atoms with Crippen molar-refractivity contribution >= 4 is 23.5 Å². The molecule has 1 aliphatic rings. The van der Waals surface area contributed by atoms with Gasteiger partial charge in [0, 0.05) is 17.8 Å². The first kappa shape index (κ1) is 25.0. The summed E-state index contributed by atoms with van der Waals surface area (Å²) in [6, 6.07) is 13.9. The fourth-order valence-electron chi connectivity index (χ4n) is 4.41. The number of carbonyl (C=O) groups excluding carboxylic acids is 3. The molecule has 0 radical (unpaired) electrons. The number of halogens is 2. The van der Waals surface area contributed by atoms with Gasteiger partial charge in [-0.25, -0.2) is 13.6 Å². The molecule has 0 aliphatic carbocycles.